The van der Waals surface area contributed by atoms with Crippen molar-refractivity contribution in [2.75, 3.05) is 6.61 Å². The summed E-state index contributed by atoms with van der Waals surface area (Å²) in [6.45, 7) is 1.94. The molecule has 0 aliphatic carbocycles. The highest BCUT2D eigenvalue weighted by Gasteiger charge is 2.19. The van der Waals surface area contributed by atoms with Crippen molar-refractivity contribution in [3.63, 3.8) is 0 Å². The molecule has 0 fully saturated rings. The molecule has 3 aromatic rings. The second kappa shape index (κ2) is 7.60. The van der Waals surface area contributed by atoms with Gasteiger partial charge in [-0.15, -0.1) is 0 Å². The molecule has 0 unspecified atom stereocenters. The molecule has 0 atom stereocenters. The van der Waals surface area contributed by atoms with Gasteiger partial charge in [0.05, 0.1) is 22.7 Å². The fraction of sp³-hybridized carbons (Fsp3) is 0.158. The molecular weight excluding hydrogens is 336 g/mol. The van der Waals surface area contributed by atoms with Gasteiger partial charge < -0.3 is 9.47 Å². The molecule has 0 saturated carbocycles. The van der Waals surface area contributed by atoms with Gasteiger partial charge in [0.25, 0.3) is 5.69 Å². The quantitative estimate of drug-likeness (QED) is 0.379. The molecule has 0 aliphatic heterocycles. The van der Waals surface area contributed by atoms with E-state index in [0.717, 1.165) is 17.0 Å². The zero-order valence-electron chi connectivity index (χ0n) is 14.0. The van der Waals surface area contributed by atoms with Crippen molar-refractivity contribution in [3.8, 4) is 5.75 Å². The van der Waals surface area contributed by atoms with E-state index in [0.29, 0.717) is 5.69 Å². The van der Waals surface area contributed by atoms with Crippen LogP contribution in [0.25, 0.3) is 10.9 Å². The maximum Gasteiger partial charge on any atom is 0.342 e. The SMILES string of the molecule is CCOC(=O)c1cc([N+](=O)[O-])ccc1OCc1ccc2ccccc2n1. The van der Waals surface area contributed by atoms with Crippen LogP contribution in [0, 0.1) is 10.1 Å². The number of nitro groups is 1. The standard InChI is InChI=1S/C19H16N2O5/c1-2-25-19(22)16-11-15(21(23)24)9-10-18(16)26-12-14-8-7-13-5-3-4-6-17(13)20-14/h3-11H,2,12H2,1H3. The summed E-state index contributed by atoms with van der Waals surface area (Å²) in [5.41, 5.74) is 1.32. The Morgan fingerprint density at radius 1 is 1.15 bits per heavy atom. The lowest BCUT2D eigenvalue weighted by atomic mass is 10.1. The molecule has 7 nitrogen and oxygen atoms in total. The summed E-state index contributed by atoms with van der Waals surface area (Å²) in [4.78, 5) is 27.0. The number of nitro benzene ring substituents is 1. The van der Waals surface area contributed by atoms with E-state index in [1.165, 1.54) is 12.1 Å². The largest absolute Gasteiger partial charge is 0.486 e. The molecule has 7 heteroatoms. The van der Waals surface area contributed by atoms with E-state index in [2.05, 4.69) is 4.98 Å². The third-order valence-corrected chi connectivity index (χ3v) is 3.70. The number of carbonyl (C=O) groups is 1. The van der Waals surface area contributed by atoms with Crippen molar-refractivity contribution in [2.24, 2.45) is 0 Å². The number of benzene rings is 2. The highest BCUT2D eigenvalue weighted by atomic mass is 16.6. The lowest BCUT2D eigenvalue weighted by Crippen LogP contribution is -2.09. The Bertz CT molecular complexity index is 971. The number of aromatic nitrogens is 1. The second-order valence-electron chi connectivity index (χ2n) is 5.44. The van der Waals surface area contributed by atoms with Gasteiger partial charge in [0.15, 0.2) is 0 Å². The van der Waals surface area contributed by atoms with Crippen LogP contribution in [0.1, 0.15) is 23.0 Å². The zero-order valence-corrected chi connectivity index (χ0v) is 14.0. The van der Waals surface area contributed by atoms with Crippen LogP contribution >= 0.6 is 0 Å². The highest BCUT2D eigenvalue weighted by molar-refractivity contribution is 5.93. The Kier molecular flexibility index (Phi) is 5.07. The van der Waals surface area contributed by atoms with E-state index in [9.17, 15) is 14.9 Å². The predicted molar refractivity (Wildman–Crippen MR) is 95.1 cm³/mol. The van der Waals surface area contributed by atoms with E-state index in [-0.39, 0.29) is 30.2 Å². The van der Waals surface area contributed by atoms with Crippen LogP contribution in [0.2, 0.25) is 0 Å². The van der Waals surface area contributed by atoms with Crippen LogP contribution in [-0.2, 0) is 11.3 Å². The number of nitrogens with zero attached hydrogens (tertiary/aromatic N) is 2. The molecule has 3 rings (SSSR count). The molecule has 132 valence electrons. The smallest absolute Gasteiger partial charge is 0.342 e. The maximum atomic E-state index is 12.1. The number of hydrogen-bond donors (Lipinski definition) is 0. The lowest BCUT2D eigenvalue weighted by molar-refractivity contribution is -0.384. The number of pyridine rings is 1. The van der Waals surface area contributed by atoms with Crippen molar-refractivity contribution in [1.29, 1.82) is 0 Å². The molecule has 0 N–H and O–H groups in total. The topological polar surface area (TPSA) is 91.6 Å². The van der Waals surface area contributed by atoms with E-state index in [1.54, 1.807) is 6.92 Å². The molecule has 1 aromatic heterocycles. The third-order valence-electron chi connectivity index (χ3n) is 3.70. The zero-order chi connectivity index (χ0) is 18.5. The lowest BCUT2D eigenvalue weighted by Gasteiger charge is -2.11. The normalized spacial score (nSPS) is 10.5. The highest BCUT2D eigenvalue weighted by Crippen LogP contribution is 2.26. The molecule has 0 aliphatic rings. The average Bonchev–Trinajstić information content (AvgIpc) is 2.66. The number of fused-ring (bicyclic) bond motifs is 1. The molecule has 0 bridgehead atoms. The fourth-order valence-electron chi connectivity index (χ4n) is 2.47. The van der Waals surface area contributed by atoms with Crippen molar-refractivity contribution in [1.82, 2.24) is 4.98 Å². The number of non-ortho nitro benzene ring substituents is 1. The van der Waals surface area contributed by atoms with Crippen LogP contribution < -0.4 is 4.74 Å². The van der Waals surface area contributed by atoms with Gasteiger partial charge in [-0.2, -0.15) is 0 Å². The van der Waals surface area contributed by atoms with Gasteiger partial charge in [-0.3, -0.25) is 10.1 Å². The predicted octanol–water partition coefficient (Wildman–Crippen LogP) is 3.90. The number of carbonyl (C=O) groups excluding carboxylic acids is 1. The van der Waals surface area contributed by atoms with E-state index >= 15 is 0 Å². The number of hydrogen-bond acceptors (Lipinski definition) is 6. The van der Waals surface area contributed by atoms with Gasteiger partial charge >= 0.3 is 5.97 Å². The number of rotatable bonds is 6. The Balaban J connectivity index is 1.85. The minimum absolute atomic E-state index is 0.0156. The molecule has 26 heavy (non-hydrogen) atoms. The van der Waals surface area contributed by atoms with Gasteiger partial charge in [-0.05, 0) is 25.1 Å². The van der Waals surface area contributed by atoms with Crippen molar-refractivity contribution in [3.05, 3.63) is 76.0 Å². The van der Waals surface area contributed by atoms with Crippen LogP contribution in [-0.4, -0.2) is 22.5 Å². The number of esters is 1. The second-order valence-corrected chi connectivity index (χ2v) is 5.44. The summed E-state index contributed by atoms with van der Waals surface area (Å²) in [5.74, 6) is -0.457. The van der Waals surface area contributed by atoms with Gasteiger partial charge in [0.2, 0.25) is 0 Å². The fourth-order valence-corrected chi connectivity index (χ4v) is 2.47. The Labute approximate surface area is 149 Å². The van der Waals surface area contributed by atoms with Crippen molar-refractivity contribution < 1.29 is 19.2 Å². The molecule has 0 amide bonds. The summed E-state index contributed by atoms with van der Waals surface area (Å²) >= 11 is 0. The Morgan fingerprint density at radius 2 is 1.96 bits per heavy atom. The van der Waals surface area contributed by atoms with Crippen molar-refractivity contribution >= 4 is 22.6 Å². The summed E-state index contributed by atoms with van der Waals surface area (Å²) in [6.07, 6.45) is 0. The first kappa shape index (κ1) is 17.3. The monoisotopic (exact) mass is 352 g/mol. The average molecular weight is 352 g/mol. The van der Waals surface area contributed by atoms with Crippen LogP contribution in [0.15, 0.2) is 54.6 Å². The van der Waals surface area contributed by atoms with E-state index in [1.807, 2.05) is 36.4 Å². The van der Waals surface area contributed by atoms with Gasteiger partial charge in [0.1, 0.15) is 17.9 Å². The molecule has 0 spiro atoms. The minimum Gasteiger partial charge on any atom is -0.486 e. The molecule has 0 radical (unpaired) electrons. The molecule has 1 heterocycles. The molecule has 0 saturated heterocycles. The van der Waals surface area contributed by atoms with Crippen LogP contribution in [0.3, 0.4) is 0 Å². The summed E-state index contributed by atoms with van der Waals surface area (Å²) in [6, 6.07) is 15.3. The summed E-state index contributed by atoms with van der Waals surface area (Å²) < 4.78 is 10.6. The molecule has 2 aromatic carbocycles. The van der Waals surface area contributed by atoms with Crippen LogP contribution in [0.4, 0.5) is 5.69 Å². The van der Waals surface area contributed by atoms with Gasteiger partial charge in [-0.1, -0.05) is 24.3 Å². The minimum atomic E-state index is -0.669. The summed E-state index contributed by atoms with van der Waals surface area (Å²) in [7, 11) is 0. The van der Waals surface area contributed by atoms with E-state index in [4.69, 9.17) is 9.47 Å². The maximum absolute atomic E-state index is 12.1. The van der Waals surface area contributed by atoms with Gasteiger partial charge in [-0.25, -0.2) is 9.78 Å². The van der Waals surface area contributed by atoms with Gasteiger partial charge in [0, 0.05) is 17.5 Å². The Morgan fingerprint density at radius 3 is 2.73 bits per heavy atom. The first-order valence-electron chi connectivity index (χ1n) is 8.01. The van der Waals surface area contributed by atoms with Crippen molar-refractivity contribution in [2.45, 2.75) is 13.5 Å². The number of ether oxygens (including phenoxy) is 2. The first-order chi connectivity index (χ1) is 12.6. The summed E-state index contributed by atoms with van der Waals surface area (Å²) in [5, 5.41) is 12.0. The van der Waals surface area contributed by atoms with E-state index < -0.39 is 10.9 Å². The first-order valence-corrected chi connectivity index (χ1v) is 8.01. The third kappa shape index (κ3) is 3.77. The Hall–Kier alpha value is -3.48. The van der Waals surface area contributed by atoms with Crippen LogP contribution in [0.5, 0.6) is 5.75 Å². The molecular formula is C19H16N2O5. The number of para-hydroxylation sites is 1.